The van der Waals surface area contributed by atoms with E-state index in [9.17, 15) is 14.7 Å². The predicted molar refractivity (Wildman–Crippen MR) is 127 cm³/mol. The maximum Gasteiger partial charge on any atom is 0.332 e. The lowest BCUT2D eigenvalue weighted by atomic mass is 10.2. The molecule has 10 nitrogen and oxygen atoms in total. The Balaban J connectivity index is 1.67. The molecule has 1 N–H and O–H groups in total. The van der Waals surface area contributed by atoms with Crippen LogP contribution in [0.25, 0.3) is 11.2 Å². The van der Waals surface area contributed by atoms with Crippen molar-refractivity contribution in [2.45, 2.75) is 26.0 Å². The first-order chi connectivity index (χ1) is 15.8. The quantitative estimate of drug-likeness (QED) is 0.542. The fourth-order valence-corrected chi connectivity index (χ4v) is 4.17. The van der Waals surface area contributed by atoms with Gasteiger partial charge in [0.25, 0.3) is 5.56 Å². The van der Waals surface area contributed by atoms with Crippen molar-refractivity contribution < 1.29 is 9.84 Å². The van der Waals surface area contributed by atoms with Crippen LogP contribution >= 0.6 is 0 Å². The minimum Gasteiger partial charge on any atom is -0.491 e. The van der Waals surface area contributed by atoms with Crippen LogP contribution in [0.5, 0.6) is 5.75 Å². The molecule has 1 aliphatic heterocycles. The van der Waals surface area contributed by atoms with Gasteiger partial charge in [-0.05, 0) is 31.2 Å². The predicted octanol–water partition coefficient (Wildman–Crippen LogP) is 0.188. The molecule has 0 bridgehead atoms. The molecule has 1 atom stereocenters. The number of imidazole rings is 1. The van der Waals surface area contributed by atoms with Gasteiger partial charge < -0.3 is 24.2 Å². The second-order valence-electron chi connectivity index (χ2n) is 8.66. The lowest BCUT2D eigenvalue weighted by Gasteiger charge is -2.33. The number of nitrogens with zero attached hydrogens (tertiary/aromatic N) is 6. The van der Waals surface area contributed by atoms with Crippen LogP contribution in [0.3, 0.4) is 0 Å². The molecule has 4 rings (SSSR count). The SMILES string of the molecule is CCc1cccc(OC[C@@H](O)Cn2c(N3CCN(C)CC3)nc3c2c(=O)n(C)c(=O)n3C)c1. The Morgan fingerprint density at radius 2 is 1.82 bits per heavy atom. The highest BCUT2D eigenvalue weighted by molar-refractivity contribution is 5.74. The molecular formula is C23H32N6O4. The van der Waals surface area contributed by atoms with E-state index in [2.05, 4.69) is 28.8 Å². The Kier molecular flexibility index (Phi) is 6.57. The molecule has 1 aromatic carbocycles. The second kappa shape index (κ2) is 9.40. The summed E-state index contributed by atoms with van der Waals surface area (Å²) in [4.78, 5) is 34.5. The van der Waals surface area contributed by atoms with Crippen molar-refractivity contribution in [3.8, 4) is 5.75 Å². The Hall–Kier alpha value is -3.11. The van der Waals surface area contributed by atoms with Crippen LogP contribution in [0.2, 0.25) is 0 Å². The van der Waals surface area contributed by atoms with Crippen molar-refractivity contribution in [2.24, 2.45) is 14.1 Å². The van der Waals surface area contributed by atoms with E-state index in [-0.39, 0.29) is 13.2 Å². The molecule has 0 aliphatic carbocycles. The van der Waals surface area contributed by atoms with Crippen molar-refractivity contribution in [1.82, 2.24) is 23.6 Å². The zero-order valence-electron chi connectivity index (χ0n) is 19.7. The third-order valence-electron chi connectivity index (χ3n) is 6.26. The number of aliphatic hydroxyl groups excluding tert-OH is 1. The number of anilines is 1. The summed E-state index contributed by atoms with van der Waals surface area (Å²) in [5.74, 6) is 1.28. The van der Waals surface area contributed by atoms with E-state index in [1.165, 1.54) is 11.6 Å². The molecule has 0 amide bonds. The van der Waals surface area contributed by atoms with Gasteiger partial charge in [-0.25, -0.2) is 4.79 Å². The van der Waals surface area contributed by atoms with Crippen LogP contribution in [0.15, 0.2) is 33.9 Å². The molecule has 0 saturated carbocycles. The zero-order chi connectivity index (χ0) is 23.7. The average Bonchev–Trinajstić information content (AvgIpc) is 3.19. The molecule has 0 spiro atoms. The number of piperazine rings is 1. The first-order valence-electron chi connectivity index (χ1n) is 11.3. The number of aryl methyl sites for hydroxylation is 2. The largest absolute Gasteiger partial charge is 0.491 e. The Morgan fingerprint density at radius 1 is 1.09 bits per heavy atom. The van der Waals surface area contributed by atoms with Crippen LogP contribution in [0.1, 0.15) is 12.5 Å². The third-order valence-corrected chi connectivity index (χ3v) is 6.26. The molecule has 10 heteroatoms. The normalized spacial score (nSPS) is 15.8. The van der Waals surface area contributed by atoms with Gasteiger partial charge in [-0.2, -0.15) is 4.98 Å². The van der Waals surface area contributed by atoms with Crippen molar-refractivity contribution >= 4 is 17.1 Å². The highest BCUT2D eigenvalue weighted by Crippen LogP contribution is 2.22. The number of ether oxygens (including phenoxy) is 1. The van der Waals surface area contributed by atoms with Gasteiger partial charge in [0, 0.05) is 40.3 Å². The number of rotatable bonds is 7. The van der Waals surface area contributed by atoms with Gasteiger partial charge in [0.05, 0.1) is 6.54 Å². The van der Waals surface area contributed by atoms with Crippen molar-refractivity contribution in [3.63, 3.8) is 0 Å². The number of aliphatic hydroxyl groups is 1. The standard InChI is InChI=1S/C23H32N6O4/c1-5-16-7-6-8-18(13-16)33-15-17(30)14-29-19-20(26(3)23(32)27(4)21(19)31)24-22(29)28-11-9-25(2)10-12-28/h6-8,13,17,30H,5,9-12,14-15H2,1-4H3/t17-/m0/s1. The van der Waals surface area contributed by atoms with Gasteiger partial charge >= 0.3 is 5.69 Å². The Morgan fingerprint density at radius 3 is 2.52 bits per heavy atom. The van der Waals surface area contributed by atoms with Gasteiger partial charge in [-0.3, -0.25) is 13.9 Å². The van der Waals surface area contributed by atoms with Crippen LogP contribution in [-0.2, 0) is 27.1 Å². The molecule has 0 radical (unpaired) electrons. The third kappa shape index (κ3) is 4.53. The van der Waals surface area contributed by atoms with Crippen molar-refractivity contribution in [3.05, 3.63) is 50.7 Å². The molecule has 1 saturated heterocycles. The second-order valence-corrected chi connectivity index (χ2v) is 8.66. The number of hydrogen-bond acceptors (Lipinski definition) is 7. The first-order valence-corrected chi connectivity index (χ1v) is 11.3. The molecular weight excluding hydrogens is 424 g/mol. The summed E-state index contributed by atoms with van der Waals surface area (Å²) in [5.41, 5.74) is 0.928. The summed E-state index contributed by atoms with van der Waals surface area (Å²) in [6.45, 7) is 5.47. The fraction of sp³-hybridized carbons (Fsp3) is 0.522. The molecule has 2 aromatic heterocycles. The maximum atomic E-state index is 13.1. The number of aromatic nitrogens is 4. The minimum atomic E-state index is -0.874. The Bertz CT molecular complexity index is 1250. The maximum absolute atomic E-state index is 13.1. The minimum absolute atomic E-state index is 0.0705. The van der Waals surface area contributed by atoms with Gasteiger partial charge in [0.1, 0.15) is 18.5 Å². The first kappa shape index (κ1) is 23.1. The van der Waals surface area contributed by atoms with E-state index in [1.807, 2.05) is 24.3 Å². The van der Waals surface area contributed by atoms with E-state index >= 15 is 0 Å². The van der Waals surface area contributed by atoms with E-state index in [1.54, 1.807) is 11.6 Å². The summed E-state index contributed by atoms with van der Waals surface area (Å²) in [7, 11) is 5.13. The molecule has 3 heterocycles. The van der Waals surface area contributed by atoms with Crippen LogP contribution < -0.4 is 20.9 Å². The van der Waals surface area contributed by atoms with E-state index in [0.717, 1.165) is 42.7 Å². The average molecular weight is 457 g/mol. The number of likely N-dealkylation sites (N-methyl/N-ethyl adjacent to an activating group) is 1. The highest BCUT2D eigenvalue weighted by atomic mass is 16.5. The molecule has 0 unspecified atom stereocenters. The molecule has 3 aromatic rings. The molecule has 1 aliphatic rings. The fourth-order valence-electron chi connectivity index (χ4n) is 4.17. The summed E-state index contributed by atoms with van der Waals surface area (Å²) in [6.07, 6.45) is 0.0258. The van der Waals surface area contributed by atoms with Crippen LogP contribution in [-0.4, -0.2) is 74.6 Å². The lowest BCUT2D eigenvalue weighted by Crippen LogP contribution is -2.45. The van der Waals surface area contributed by atoms with E-state index < -0.39 is 17.4 Å². The number of hydrogen-bond donors (Lipinski definition) is 1. The Labute approximate surface area is 192 Å². The summed E-state index contributed by atoms with van der Waals surface area (Å²) in [6, 6.07) is 7.78. The number of benzene rings is 1. The topological polar surface area (TPSA) is 97.8 Å². The highest BCUT2D eigenvalue weighted by Gasteiger charge is 2.26. The van der Waals surface area contributed by atoms with Crippen LogP contribution in [0, 0.1) is 0 Å². The smallest absolute Gasteiger partial charge is 0.332 e. The lowest BCUT2D eigenvalue weighted by molar-refractivity contribution is 0.0935. The van der Waals surface area contributed by atoms with Gasteiger partial charge in [0.2, 0.25) is 5.95 Å². The van der Waals surface area contributed by atoms with Gasteiger partial charge in [-0.15, -0.1) is 0 Å². The summed E-state index contributed by atoms with van der Waals surface area (Å²) < 4.78 is 10.0. The van der Waals surface area contributed by atoms with Crippen molar-refractivity contribution in [1.29, 1.82) is 0 Å². The van der Waals surface area contributed by atoms with Crippen LogP contribution in [0.4, 0.5) is 5.95 Å². The van der Waals surface area contributed by atoms with Crippen molar-refractivity contribution in [2.75, 3.05) is 44.7 Å². The van der Waals surface area contributed by atoms with Gasteiger partial charge in [0.15, 0.2) is 11.2 Å². The molecule has 1 fully saturated rings. The monoisotopic (exact) mass is 456 g/mol. The van der Waals surface area contributed by atoms with Gasteiger partial charge in [-0.1, -0.05) is 19.1 Å². The van der Waals surface area contributed by atoms with E-state index in [0.29, 0.717) is 22.9 Å². The molecule has 178 valence electrons. The summed E-state index contributed by atoms with van der Waals surface area (Å²) >= 11 is 0. The molecule has 33 heavy (non-hydrogen) atoms. The number of fused-ring (bicyclic) bond motifs is 1. The van der Waals surface area contributed by atoms with E-state index in [4.69, 9.17) is 4.74 Å². The summed E-state index contributed by atoms with van der Waals surface area (Å²) in [5, 5.41) is 10.8. The zero-order valence-corrected chi connectivity index (χ0v) is 19.7.